The normalized spacial score (nSPS) is 24.7. The molecule has 0 radical (unpaired) electrons. The van der Waals surface area contributed by atoms with E-state index in [2.05, 4.69) is 13.8 Å². The van der Waals surface area contributed by atoms with Crippen molar-refractivity contribution in [3.8, 4) is 0 Å². The molecule has 1 aliphatic rings. The summed E-state index contributed by atoms with van der Waals surface area (Å²) in [5, 5.41) is 20.8. The molecule has 0 heterocycles. The third-order valence-corrected chi connectivity index (χ3v) is 4.60. The number of carbonyl (C=O) groups excluding carboxylic acids is 2. The van der Waals surface area contributed by atoms with Gasteiger partial charge < -0.3 is 10.2 Å². The number of hydrogen-bond acceptors (Lipinski definition) is 4. The number of Topliss-reactive ketones (excluding diaryl/α,β-unsaturated/α-hetero) is 2. The van der Waals surface area contributed by atoms with Crippen LogP contribution in [0.4, 0.5) is 0 Å². The van der Waals surface area contributed by atoms with E-state index in [-0.39, 0.29) is 23.0 Å². The van der Waals surface area contributed by atoms with Gasteiger partial charge in [0.2, 0.25) is 0 Å². The number of aliphatic hydroxyl groups is 2. The molecule has 0 bridgehead atoms. The number of ketones is 2. The summed E-state index contributed by atoms with van der Waals surface area (Å²) >= 11 is 0. The zero-order valence-electron chi connectivity index (χ0n) is 15.8. The minimum atomic E-state index is -0.850. The van der Waals surface area contributed by atoms with Crippen molar-refractivity contribution in [2.75, 3.05) is 0 Å². The molecule has 0 aromatic carbocycles. The Balaban J connectivity index is 3.19. The van der Waals surface area contributed by atoms with Crippen LogP contribution >= 0.6 is 0 Å². The van der Waals surface area contributed by atoms with Crippen molar-refractivity contribution in [1.82, 2.24) is 0 Å². The first-order chi connectivity index (χ1) is 11.1. The van der Waals surface area contributed by atoms with Crippen molar-refractivity contribution in [2.24, 2.45) is 23.7 Å². The summed E-state index contributed by atoms with van der Waals surface area (Å²) in [6, 6.07) is 0. The first kappa shape index (κ1) is 20.6. The Kier molecular flexibility index (Phi) is 7.40. The van der Waals surface area contributed by atoms with Crippen LogP contribution in [0.5, 0.6) is 0 Å². The Morgan fingerprint density at radius 2 is 1.67 bits per heavy atom. The topological polar surface area (TPSA) is 74.6 Å². The van der Waals surface area contributed by atoms with Gasteiger partial charge in [-0.15, -0.1) is 0 Å². The van der Waals surface area contributed by atoms with Crippen LogP contribution in [0.15, 0.2) is 23.0 Å². The predicted molar refractivity (Wildman–Crippen MR) is 95.6 cm³/mol. The van der Waals surface area contributed by atoms with Gasteiger partial charge in [-0.3, -0.25) is 9.59 Å². The molecule has 0 aliphatic heterocycles. The molecule has 4 heteroatoms. The molecule has 3 atom stereocenters. The Labute approximate surface area is 145 Å². The van der Waals surface area contributed by atoms with Gasteiger partial charge in [-0.05, 0) is 39.0 Å². The van der Waals surface area contributed by atoms with Crippen LogP contribution in [-0.4, -0.2) is 27.9 Å². The van der Waals surface area contributed by atoms with E-state index in [1.54, 1.807) is 13.8 Å². The summed E-state index contributed by atoms with van der Waals surface area (Å²) in [6.45, 7) is 11.5. The Hall–Kier alpha value is -1.42. The maximum absolute atomic E-state index is 12.8. The molecule has 1 aliphatic carbocycles. The lowest BCUT2D eigenvalue weighted by molar-refractivity contribution is -0.123. The van der Waals surface area contributed by atoms with Gasteiger partial charge in [0.05, 0.1) is 17.6 Å². The van der Waals surface area contributed by atoms with Crippen LogP contribution in [0.3, 0.4) is 0 Å². The van der Waals surface area contributed by atoms with E-state index >= 15 is 0 Å². The molecule has 2 N–H and O–H groups in total. The molecule has 1 saturated carbocycles. The molecule has 0 amide bonds. The van der Waals surface area contributed by atoms with E-state index in [0.717, 1.165) is 12.0 Å². The molecule has 0 aromatic rings. The molecule has 24 heavy (non-hydrogen) atoms. The third-order valence-electron chi connectivity index (χ3n) is 4.60. The van der Waals surface area contributed by atoms with Crippen LogP contribution in [0.1, 0.15) is 60.8 Å². The Bertz CT molecular complexity index is 536. The zero-order valence-corrected chi connectivity index (χ0v) is 15.8. The average Bonchev–Trinajstić information content (AvgIpc) is 2.72. The van der Waals surface area contributed by atoms with Gasteiger partial charge >= 0.3 is 0 Å². The van der Waals surface area contributed by atoms with E-state index < -0.39 is 23.7 Å². The van der Waals surface area contributed by atoms with Crippen LogP contribution in [-0.2, 0) is 9.59 Å². The van der Waals surface area contributed by atoms with Crippen LogP contribution in [0.2, 0.25) is 0 Å². The fourth-order valence-corrected chi connectivity index (χ4v) is 3.10. The van der Waals surface area contributed by atoms with Crippen molar-refractivity contribution in [2.45, 2.75) is 66.9 Å². The highest BCUT2D eigenvalue weighted by molar-refractivity contribution is 6.27. The maximum atomic E-state index is 12.8. The molecule has 1 rings (SSSR count). The molecule has 0 aromatic heterocycles. The second-order valence-electron chi connectivity index (χ2n) is 7.83. The average molecular weight is 336 g/mol. The second-order valence-corrected chi connectivity index (χ2v) is 7.83. The minimum Gasteiger partial charge on any atom is -0.511 e. The van der Waals surface area contributed by atoms with Gasteiger partial charge in [0.25, 0.3) is 0 Å². The number of hydrogen-bond donors (Lipinski definition) is 2. The lowest BCUT2D eigenvalue weighted by Gasteiger charge is -2.22. The van der Waals surface area contributed by atoms with Gasteiger partial charge in [0.15, 0.2) is 11.6 Å². The Morgan fingerprint density at radius 1 is 1.08 bits per heavy atom. The summed E-state index contributed by atoms with van der Waals surface area (Å²) in [7, 11) is 0. The minimum absolute atomic E-state index is 0.0919. The first-order valence-electron chi connectivity index (χ1n) is 8.90. The van der Waals surface area contributed by atoms with E-state index in [9.17, 15) is 19.8 Å². The number of carbonyl (C=O) groups is 2. The maximum Gasteiger partial charge on any atom is 0.176 e. The largest absolute Gasteiger partial charge is 0.511 e. The van der Waals surface area contributed by atoms with Gasteiger partial charge in [-0.2, -0.15) is 0 Å². The van der Waals surface area contributed by atoms with E-state index in [4.69, 9.17) is 0 Å². The van der Waals surface area contributed by atoms with Crippen molar-refractivity contribution >= 4 is 11.6 Å². The smallest absolute Gasteiger partial charge is 0.176 e. The van der Waals surface area contributed by atoms with Crippen molar-refractivity contribution < 1.29 is 19.8 Å². The lowest BCUT2D eigenvalue weighted by atomic mass is 9.84. The van der Waals surface area contributed by atoms with Crippen molar-refractivity contribution in [1.29, 1.82) is 0 Å². The first-order valence-corrected chi connectivity index (χ1v) is 8.90. The molecule has 2 unspecified atom stereocenters. The lowest BCUT2D eigenvalue weighted by Crippen LogP contribution is -2.30. The van der Waals surface area contributed by atoms with Crippen LogP contribution in [0, 0.1) is 23.7 Å². The molecule has 1 fully saturated rings. The van der Waals surface area contributed by atoms with E-state index in [0.29, 0.717) is 18.8 Å². The molecule has 0 saturated heterocycles. The van der Waals surface area contributed by atoms with Crippen LogP contribution in [0.25, 0.3) is 0 Å². The van der Waals surface area contributed by atoms with Crippen molar-refractivity contribution in [3.05, 3.63) is 23.0 Å². The standard InChI is InChI=1S/C20H32O4/c1-11(2)7-9-14-16(15(21)10-8-12(3)4)20(24)17(19(14)23)18(22)13(5)6/h7,12-16,21-22H,8-10H2,1-6H3/t14-,15?,16?/m0/s1. The number of allylic oxidation sites excluding steroid dienone is 4. The predicted octanol–water partition coefficient (Wildman–Crippen LogP) is 3.99. The summed E-state index contributed by atoms with van der Waals surface area (Å²) in [5.74, 6) is -2.06. The summed E-state index contributed by atoms with van der Waals surface area (Å²) in [6.07, 6.45) is 2.78. The fourth-order valence-electron chi connectivity index (χ4n) is 3.10. The zero-order chi connectivity index (χ0) is 18.6. The van der Waals surface area contributed by atoms with E-state index in [1.807, 2.05) is 19.9 Å². The van der Waals surface area contributed by atoms with Crippen molar-refractivity contribution in [3.63, 3.8) is 0 Å². The molecule has 0 spiro atoms. The monoisotopic (exact) mass is 336 g/mol. The van der Waals surface area contributed by atoms with Crippen LogP contribution < -0.4 is 0 Å². The molecule has 4 nitrogen and oxygen atoms in total. The third kappa shape index (κ3) is 4.79. The van der Waals surface area contributed by atoms with Gasteiger partial charge in [-0.25, -0.2) is 0 Å². The number of aliphatic hydroxyl groups excluding tert-OH is 2. The molecular formula is C20H32O4. The van der Waals surface area contributed by atoms with E-state index in [1.165, 1.54) is 0 Å². The molecular weight excluding hydrogens is 304 g/mol. The molecule has 136 valence electrons. The van der Waals surface area contributed by atoms with Gasteiger partial charge in [0.1, 0.15) is 5.76 Å². The summed E-state index contributed by atoms with van der Waals surface area (Å²) < 4.78 is 0. The quantitative estimate of drug-likeness (QED) is 0.319. The highest BCUT2D eigenvalue weighted by Crippen LogP contribution is 2.38. The number of rotatable bonds is 7. The SMILES string of the molecule is CC(C)=CC[C@@H]1C(=O)C(=C(O)C(C)C)C(=O)C1C(O)CCC(C)C. The summed E-state index contributed by atoms with van der Waals surface area (Å²) in [5.41, 5.74) is 0.974. The van der Waals surface area contributed by atoms with Gasteiger partial charge in [-0.1, -0.05) is 39.3 Å². The van der Waals surface area contributed by atoms with Gasteiger partial charge in [0, 0.05) is 11.8 Å². The summed E-state index contributed by atoms with van der Waals surface area (Å²) in [4.78, 5) is 25.5. The highest BCUT2D eigenvalue weighted by Gasteiger charge is 2.49. The second kappa shape index (κ2) is 8.61. The Morgan fingerprint density at radius 3 is 2.12 bits per heavy atom. The highest BCUT2D eigenvalue weighted by atomic mass is 16.3. The fraction of sp³-hybridized carbons (Fsp3) is 0.700.